The lowest BCUT2D eigenvalue weighted by molar-refractivity contribution is -0.137. The summed E-state index contributed by atoms with van der Waals surface area (Å²) in [7, 11) is 3.10. The van der Waals surface area contributed by atoms with Crippen LogP contribution in [0.2, 0.25) is 0 Å². The summed E-state index contributed by atoms with van der Waals surface area (Å²) in [5, 5.41) is 11.6. The van der Waals surface area contributed by atoms with Crippen LogP contribution in [-0.4, -0.2) is 48.3 Å². The lowest BCUT2D eigenvalue weighted by atomic mass is 9.91. The molecular weight excluding hydrogens is 284 g/mol. The first kappa shape index (κ1) is 15.5. The van der Waals surface area contributed by atoms with Crippen LogP contribution in [0.1, 0.15) is 18.1 Å². The van der Waals surface area contributed by atoms with Crippen LogP contribution in [0.25, 0.3) is 0 Å². The third kappa shape index (κ3) is 2.51. The molecule has 1 saturated heterocycles. The van der Waals surface area contributed by atoms with Gasteiger partial charge < -0.3 is 10.2 Å². The second-order valence-corrected chi connectivity index (χ2v) is 5.43. The van der Waals surface area contributed by atoms with E-state index in [1.165, 1.54) is 4.90 Å². The maximum atomic E-state index is 12.6. The molecule has 0 spiro atoms. The number of likely N-dealkylation sites (N-methyl/N-ethyl adjacent to an activating group) is 1. The maximum absolute atomic E-state index is 12.6. The number of nitrogens with one attached hydrogen (secondary N) is 1. The first-order chi connectivity index (χ1) is 10.3. The molecule has 1 aliphatic rings. The fourth-order valence-electron chi connectivity index (χ4n) is 2.21. The first-order valence-electron chi connectivity index (χ1n) is 6.64. The van der Waals surface area contributed by atoms with Crippen molar-refractivity contribution in [2.45, 2.75) is 12.5 Å². The molecule has 0 aliphatic carbocycles. The number of carbonyl (C=O) groups excluding carboxylic acids is 3. The normalized spacial score (nSPS) is 20.5. The van der Waals surface area contributed by atoms with Gasteiger partial charge in [-0.05, 0) is 24.6 Å². The summed E-state index contributed by atoms with van der Waals surface area (Å²) < 4.78 is 0. The third-order valence-corrected chi connectivity index (χ3v) is 3.64. The number of hydrogen-bond donors (Lipinski definition) is 1. The lowest BCUT2D eigenvalue weighted by Gasteiger charge is -2.22. The molecule has 114 valence electrons. The van der Waals surface area contributed by atoms with E-state index < -0.39 is 17.5 Å². The number of amides is 4. The molecule has 22 heavy (non-hydrogen) atoms. The number of nitriles is 1. The van der Waals surface area contributed by atoms with Crippen molar-refractivity contribution in [3.05, 3.63) is 35.4 Å². The largest absolute Gasteiger partial charge is 0.347 e. The Hall–Kier alpha value is -2.88. The van der Waals surface area contributed by atoms with E-state index >= 15 is 0 Å². The molecule has 0 aromatic heterocycles. The Bertz CT molecular complexity index is 692. The molecule has 7 heteroatoms. The van der Waals surface area contributed by atoms with E-state index in [2.05, 4.69) is 5.32 Å². The van der Waals surface area contributed by atoms with Gasteiger partial charge in [0.1, 0.15) is 12.1 Å². The van der Waals surface area contributed by atoms with Gasteiger partial charge in [-0.15, -0.1) is 0 Å². The molecule has 1 aromatic rings. The summed E-state index contributed by atoms with van der Waals surface area (Å²) >= 11 is 0. The summed E-state index contributed by atoms with van der Waals surface area (Å²) in [6, 6.07) is 7.85. The molecule has 7 nitrogen and oxygen atoms in total. The fourth-order valence-corrected chi connectivity index (χ4v) is 2.21. The Morgan fingerprint density at radius 1 is 1.41 bits per heavy atom. The number of rotatable bonds is 3. The number of imide groups is 1. The minimum Gasteiger partial charge on any atom is -0.347 e. The van der Waals surface area contributed by atoms with Gasteiger partial charge >= 0.3 is 6.03 Å². The fraction of sp³-hybridized carbons (Fsp3) is 0.333. The number of nitrogens with zero attached hydrogens (tertiary/aromatic N) is 3. The van der Waals surface area contributed by atoms with Gasteiger partial charge in [0.05, 0.1) is 11.6 Å². The Balaban J connectivity index is 2.33. The van der Waals surface area contributed by atoms with E-state index in [0.717, 1.165) is 4.90 Å². The second-order valence-electron chi connectivity index (χ2n) is 5.43. The molecule has 1 atom stereocenters. The summed E-state index contributed by atoms with van der Waals surface area (Å²) in [6.07, 6.45) is 0. The van der Waals surface area contributed by atoms with Crippen LogP contribution in [0.15, 0.2) is 24.3 Å². The SMILES string of the molecule is CN(C)C(=O)CN1C(=O)NC(C)(c2cccc(C#N)c2)C1=O. The second kappa shape index (κ2) is 5.48. The van der Waals surface area contributed by atoms with E-state index in [-0.39, 0.29) is 12.5 Å². The summed E-state index contributed by atoms with van der Waals surface area (Å²) in [5.74, 6) is -0.860. The van der Waals surface area contributed by atoms with Gasteiger partial charge in [-0.3, -0.25) is 14.5 Å². The third-order valence-electron chi connectivity index (χ3n) is 3.64. The van der Waals surface area contributed by atoms with Gasteiger partial charge in [0.2, 0.25) is 5.91 Å². The van der Waals surface area contributed by atoms with E-state index in [9.17, 15) is 14.4 Å². The van der Waals surface area contributed by atoms with Crippen molar-refractivity contribution >= 4 is 17.8 Å². The average molecular weight is 300 g/mol. The smallest absolute Gasteiger partial charge is 0.325 e. The van der Waals surface area contributed by atoms with Crippen molar-refractivity contribution in [2.24, 2.45) is 0 Å². The minimum atomic E-state index is -1.28. The number of benzene rings is 1. The molecule has 1 fully saturated rings. The zero-order valence-electron chi connectivity index (χ0n) is 12.6. The highest BCUT2D eigenvalue weighted by Gasteiger charge is 2.49. The van der Waals surface area contributed by atoms with Crippen LogP contribution >= 0.6 is 0 Å². The zero-order chi connectivity index (χ0) is 16.5. The Labute approximate surface area is 128 Å². The Kier molecular flexibility index (Phi) is 3.87. The Morgan fingerprint density at radius 3 is 2.68 bits per heavy atom. The highest BCUT2D eigenvalue weighted by molar-refractivity contribution is 6.09. The molecule has 0 bridgehead atoms. The molecule has 1 aromatic carbocycles. The first-order valence-corrected chi connectivity index (χ1v) is 6.64. The van der Waals surface area contributed by atoms with Crippen LogP contribution in [0.3, 0.4) is 0 Å². The van der Waals surface area contributed by atoms with Crippen molar-refractivity contribution in [3.63, 3.8) is 0 Å². The molecule has 1 aliphatic heterocycles. The molecule has 0 radical (unpaired) electrons. The van der Waals surface area contributed by atoms with E-state index in [1.807, 2.05) is 6.07 Å². The van der Waals surface area contributed by atoms with Crippen LogP contribution in [0.4, 0.5) is 4.79 Å². The van der Waals surface area contributed by atoms with E-state index in [0.29, 0.717) is 11.1 Å². The zero-order valence-corrected chi connectivity index (χ0v) is 12.6. The van der Waals surface area contributed by atoms with Crippen LogP contribution < -0.4 is 5.32 Å². The summed E-state index contributed by atoms with van der Waals surface area (Å²) in [6.45, 7) is 1.25. The monoisotopic (exact) mass is 300 g/mol. The average Bonchev–Trinajstić information content (AvgIpc) is 2.71. The van der Waals surface area contributed by atoms with Crippen molar-refractivity contribution < 1.29 is 14.4 Å². The topological polar surface area (TPSA) is 93.5 Å². The standard InChI is InChI=1S/C15H16N4O3/c1-15(11-6-4-5-10(7-11)8-16)13(21)19(14(22)17-15)9-12(20)18(2)3/h4-7H,9H2,1-3H3,(H,17,22). The number of urea groups is 1. The highest BCUT2D eigenvalue weighted by atomic mass is 16.2. The minimum absolute atomic E-state index is 0.314. The number of carbonyl (C=O) groups is 3. The van der Waals surface area contributed by atoms with Gasteiger partial charge in [-0.1, -0.05) is 12.1 Å². The van der Waals surface area contributed by atoms with Gasteiger partial charge in [-0.2, -0.15) is 5.26 Å². The van der Waals surface area contributed by atoms with Crippen molar-refractivity contribution in [2.75, 3.05) is 20.6 Å². The molecule has 4 amide bonds. The Morgan fingerprint density at radius 2 is 2.09 bits per heavy atom. The van der Waals surface area contributed by atoms with Gasteiger partial charge in [0.25, 0.3) is 5.91 Å². The molecular formula is C15H16N4O3. The molecule has 2 rings (SSSR count). The molecule has 1 N–H and O–H groups in total. The summed E-state index contributed by atoms with van der Waals surface area (Å²) in [5.41, 5.74) is -0.385. The van der Waals surface area contributed by atoms with Crippen LogP contribution in [0.5, 0.6) is 0 Å². The lowest BCUT2D eigenvalue weighted by Crippen LogP contribution is -2.43. The predicted octanol–water partition coefficient (Wildman–Crippen LogP) is 0.413. The predicted molar refractivity (Wildman–Crippen MR) is 77.4 cm³/mol. The van der Waals surface area contributed by atoms with E-state index in [1.54, 1.807) is 45.3 Å². The maximum Gasteiger partial charge on any atom is 0.325 e. The van der Waals surface area contributed by atoms with Crippen molar-refractivity contribution in [1.82, 2.24) is 15.1 Å². The van der Waals surface area contributed by atoms with Crippen LogP contribution in [-0.2, 0) is 15.1 Å². The molecule has 0 saturated carbocycles. The van der Waals surface area contributed by atoms with Crippen molar-refractivity contribution in [3.8, 4) is 6.07 Å². The van der Waals surface area contributed by atoms with Gasteiger partial charge in [0, 0.05) is 14.1 Å². The van der Waals surface area contributed by atoms with Gasteiger partial charge in [0.15, 0.2) is 0 Å². The van der Waals surface area contributed by atoms with Crippen LogP contribution in [0, 0.1) is 11.3 Å². The van der Waals surface area contributed by atoms with Crippen molar-refractivity contribution in [1.29, 1.82) is 5.26 Å². The summed E-state index contributed by atoms with van der Waals surface area (Å²) in [4.78, 5) is 38.6. The molecule has 1 heterocycles. The number of hydrogen-bond acceptors (Lipinski definition) is 4. The van der Waals surface area contributed by atoms with Gasteiger partial charge in [-0.25, -0.2) is 4.79 Å². The molecule has 1 unspecified atom stereocenters. The van der Waals surface area contributed by atoms with E-state index in [4.69, 9.17) is 5.26 Å². The highest BCUT2D eigenvalue weighted by Crippen LogP contribution is 2.29. The quantitative estimate of drug-likeness (QED) is 0.818.